The van der Waals surface area contributed by atoms with Crippen molar-refractivity contribution >= 4 is 33.4 Å². The molecule has 1 aliphatic carbocycles. The number of allylic oxidation sites excluding steroid dienone is 4. The molecule has 20 heavy (non-hydrogen) atoms. The Bertz CT molecular complexity index is 630. The van der Waals surface area contributed by atoms with Gasteiger partial charge in [0.2, 0.25) is 0 Å². The molecule has 0 bridgehead atoms. The van der Waals surface area contributed by atoms with Gasteiger partial charge in [-0.2, -0.15) is 0 Å². The average molecular weight is 334 g/mol. The average Bonchev–Trinajstić information content (AvgIpc) is 2.42. The van der Waals surface area contributed by atoms with E-state index in [0.29, 0.717) is 22.4 Å². The van der Waals surface area contributed by atoms with Crippen LogP contribution in [0.3, 0.4) is 0 Å². The Morgan fingerprint density at radius 2 is 1.65 bits per heavy atom. The van der Waals surface area contributed by atoms with Gasteiger partial charge >= 0.3 is 5.97 Å². The van der Waals surface area contributed by atoms with Crippen LogP contribution in [0.5, 0.6) is 0 Å². The minimum atomic E-state index is -0.543. The fourth-order valence-corrected chi connectivity index (χ4v) is 1.98. The Labute approximate surface area is 124 Å². The lowest BCUT2D eigenvalue weighted by molar-refractivity contribution is -0.112. The van der Waals surface area contributed by atoms with E-state index >= 15 is 0 Å². The van der Waals surface area contributed by atoms with Gasteiger partial charge in [0.25, 0.3) is 0 Å². The number of Topliss-reactive ketones (excluding diaryl/α,β-unsaturated/α-hetero) is 1. The topological polar surface area (TPSA) is 55.7 Å². The number of carbonyl (C=O) groups excluding carboxylic acids is 2. The van der Waals surface area contributed by atoms with Crippen LogP contribution in [-0.2, 0) is 9.63 Å². The molecule has 102 valence electrons. The number of halogens is 1. The van der Waals surface area contributed by atoms with Crippen molar-refractivity contribution in [2.45, 2.75) is 13.8 Å². The molecule has 1 aromatic carbocycles. The molecule has 0 heterocycles. The predicted octanol–water partition coefficient (Wildman–Crippen LogP) is 3.44. The number of ketones is 1. The number of nitrogens with zero attached hydrogens (tertiary/aromatic N) is 1. The van der Waals surface area contributed by atoms with E-state index in [1.165, 1.54) is 0 Å². The highest BCUT2D eigenvalue weighted by Gasteiger charge is 2.14. The zero-order valence-corrected chi connectivity index (χ0v) is 12.6. The Hall–Kier alpha value is -2.01. The fourth-order valence-electron chi connectivity index (χ4n) is 1.71. The quantitative estimate of drug-likeness (QED) is 0.473. The van der Waals surface area contributed by atoms with Crippen LogP contribution in [-0.4, -0.2) is 17.5 Å². The van der Waals surface area contributed by atoms with E-state index in [2.05, 4.69) is 21.1 Å². The molecular formula is C15H12BrNO3. The van der Waals surface area contributed by atoms with Gasteiger partial charge < -0.3 is 4.84 Å². The second kappa shape index (κ2) is 5.96. The number of carbonyl (C=O) groups is 2. The second-order valence-electron chi connectivity index (χ2n) is 4.39. The van der Waals surface area contributed by atoms with Crippen molar-refractivity contribution < 1.29 is 14.4 Å². The molecule has 0 N–H and O–H groups in total. The SMILES string of the molecule is CC1=CC(=NOC(=O)c2ccc(Br)cc2)C=C(C)C1=O. The van der Waals surface area contributed by atoms with E-state index in [0.717, 1.165) is 4.47 Å². The largest absolute Gasteiger partial charge is 0.365 e. The second-order valence-corrected chi connectivity index (χ2v) is 5.30. The fraction of sp³-hybridized carbons (Fsp3) is 0.133. The monoisotopic (exact) mass is 333 g/mol. The lowest BCUT2D eigenvalue weighted by Crippen LogP contribution is -2.11. The molecule has 0 spiro atoms. The van der Waals surface area contributed by atoms with Gasteiger partial charge in [-0.1, -0.05) is 21.1 Å². The Morgan fingerprint density at radius 3 is 2.20 bits per heavy atom. The maximum Gasteiger partial charge on any atom is 0.365 e. The van der Waals surface area contributed by atoms with Crippen LogP contribution in [0, 0.1) is 0 Å². The minimum Gasteiger partial charge on any atom is -0.312 e. The van der Waals surface area contributed by atoms with Crippen LogP contribution in [0.4, 0.5) is 0 Å². The first-order valence-electron chi connectivity index (χ1n) is 5.93. The summed E-state index contributed by atoms with van der Waals surface area (Å²) in [5.74, 6) is -0.567. The Kier molecular flexibility index (Phi) is 4.29. The summed E-state index contributed by atoms with van der Waals surface area (Å²) in [5.41, 5.74) is 2.00. The summed E-state index contributed by atoms with van der Waals surface area (Å²) in [6.07, 6.45) is 3.17. The van der Waals surface area contributed by atoms with Crippen molar-refractivity contribution in [3.8, 4) is 0 Å². The lowest BCUT2D eigenvalue weighted by Gasteiger charge is -2.07. The number of rotatable bonds is 2. The normalized spacial score (nSPS) is 14.6. The van der Waals surface area contributed by atoms with Gasteiger partial charge in [0.15, 0.2) is 5.78 Å². The van der Waals surface area contributed by atoms with Gasteiger partial charge in [-0.25, -0.2) is 4.79 Å². The first-order chi connectivity index (χ1) is 9.47. The Balaban J connectivity index is 2.12. The van der Waals surface area contributed by atoms with Crippen LogP contribution in [0.15, 0.2) is 57.2 Å². The van der Waals surface area contributed by atoms with Crippen molar-refractivity contribution in [2.24, 2.45) is 5.16 Å². The molecule has 0 atom stereocenters. The van der Waals surface area contributed by atoms with E-state index in [4.69, 9.17) is 4.84 Å². The van der Waals surface area contributed by atoms with Crippen LogP contribution in [0.25, 0.3) is 0 Å². The van der Waals surface area contributed by atoms with E-state index < -0.39 is 5.97 Å². The van der Waals surface area contributed by atoms with Gasteiger partial charge in [-0.15, -0.1) is 0 Å². The summed E-state index contributed by atoms with van der Waals surface area (Å²) < 4.78 is 0.878. The van der Waals surface area contributed by atoms with Gasteiger partial charge in [0.1, 0.15) is 5.71 Å². The van der Waals surface area contributed by atoms with E-state index in [1.54, 1.807) is 50.3 Å². The maximum absolute atomic E-state index is 11.8. The number of benzene rings is 1. The molecule has 0 fully saturated rings. The summed E-state index contributed by atoms with van der Waals surface area (Å²) >= 11 is 3.29. The standard InChI is InChI=1S/C15H12BrNO3/c1-9-7-13(8-10(2)14(9)18)17-20-15(19)11-3-5-12(16)6-4-11/h3-8H,1-2H3. The molecule has 0 aromatic heterocycles. The molecule has 0 saturated heterocycles. The molecule has 0 aliphatic heterocycles. The Morgan fingerprint density at radius 1 is 1.10 bits per heavy atom. The third-order valence-electron chi connectivity index (χ3n) is 2.76. The summed E-state index contributed by atoms with van der Waals surface area (Å²) in [6, 6.07) is 6.77. The molecule has 0 saturated carbocycles. The number of hydrogen-bond acceptors (Lipinski definition) is 4. The predicted molar refractivity (Wildman–Crippen MR) is 79.5 cm³/mol. The summed E-state index contributed by atoms with van der Waals surface area (Å²) in [7, 11) is 0. The zero-order valence-electron chi connectivity index (χ0n) is 11.0. The highest BCUT2D eigenvalue weighted by molar-refractivity contribution is 9.10. The van der Waals surface area contributed by atoms with Crippen LogP contribution in [0.2, 0.25) is 0 Å². The molecule has 5 heteroatoms. The molecule has 4 nitrogen and oxygen atoms in total. The molecule has 0 unspecified atom stereocenters. The summed E-state index contributed by atoms with van der Waals surface area (Å²) in [6.45, 7) is 3.40. The number of oxime groups is 1. The highest BCUT2D eigenvalue weighted by Crippen LogP contribution is 2.14. The van der Waals surface area contributed by atoms with Gasteiger partial charge in [-0.05, 0) is 61.4 Å². The van der Waals surface area contributed by atoms with Crippen molar-refractivity contribution in [3.05, 3.63) is 57.6 Å². The van der Waals surface area contributed by atoms with Gasteiger partial charge in [0, 0.05) is 4.47 Å². The van der Waals surface area contributed by atoms with E-state index in [1.807, 2.05) is 0 Å². The van der Waals surface area contributed by atoms with Crippen LogP contribution < -0.4 is 0 Å². The maximum atomic E-state index is 11.8. The smallest absolute Gasteiger partial charge is 0.312 e. The molecule has 1 aliphatic rings. The first kappa shape index (κ1) is 14.4. The number of hydrogen-bond donors (Lipinski definition) is 0. The molecule has 0 radical (unpaired) electrons. The molecule has 2 rings (SSSR count). The van der Waals surface area contributed by atoms with Crippen molar-refractivity contribution in [1.82, 2.24) is 0 Å². The third kappa shape index (κ3) is 3.30. The molecular weight excluding hydrogens is 322 g/mol. The zero-order chi connectivity index (χ0) is 14.7. The van der Waals surface area contributed by atoms with Gasteiger partial charge in [0.05, 0.1) is 5.56 Å². The van der Waals surface area contributed by atoms with Crippen molar-refractivity contribution in [2.75, 3.05) is 0 Å². The lowest BCUT2D eigenvalue weighted by atomic mass is 9.98. The highest BCUT2D eigenvalue weighted by atomic mass is 79.9. The van der Waals surface area contributed by atoms with E-state index in [9.17, 15) is 9.59 Å². The third-order valence-corrected chi connectivity index (χ3v) is 3.29. The van der Waals surface area contributed by atoms with Crippen LogP contribution in [0.1, 0.15) is 24.2 Å². The van der Waals surface area contributed by atoms with E-state index in [-0.39, 0.29) is 5.78 Å². The summed E-state index contributed by atoms with van der Waals surface area (Å²) in [5, 5.41) is 3.77. The minimum absolute atomic E-state index is 0.0248. The van der Waals surface area contributed by atoms with Crippen molar-refractivity contribution in [1.29, 1.82) is 0 Å². The van der Waals surface area contributed by atoms with Gasteiger partial charge in [-0.3, -0.25) is 4.79 Å². The molecule has 0 amide bonds. The first-order valence-corrected chi connectivity index (χ1v) is 6.73. The van der Waals surface area contributed by atoms with Crippen molar-refractivity contribution in [3.63, 3.8) is 0 Å². The van der Waals surface area contributed by atoms with Crippen LogP contribution >= 0.6 is 15.9 Å². The summed E-state index contributed by atoms with van der Waals surface area (Å²) in [4.78, 5) is 28.2. The molecule has 1 aromatic rings.